The molecule has 0 amide bonds. The van der Waals surface area contributed by atoms with E-state index in [2.05, 4.69) is 10.3 Å². The van der Waals surface area contributed by atoms with Crippen LogP contribution in [-0.4, -0.2) is 26.7 Å². The second-order valence-corrected chi connectivity index (χ2v) is 6.69. The smallest absolute Gasteiger partial charge is 0.185 e. The number of nitrogens with one attached hydrogen (secondary N) is 1. The number of rotatable bonds is 4. The molecule has 0 aromatic carbocycles. The largest absolute Gasteiger partial charge is 0.368 e. The maximum absolute atomic E-state index is 11.4. The van der Waals surface area contributed by atoms with Crippen molar-refractivity contribution in [1.29, 1.82) is 0 Å². The van der Waals surface area contributed by atoms with Gasteiger partial charge in [0.25, 0.3) is 0 Å². The zero-order chi connectivity index (χ0) is 10.2. The van der Waals surface area contributed by atoms with Gasteiger partial charge in [0.2, 0.25) is 0 Å². The summed E-state index contributed by atoms with van der Waals surface area (Å²) in [7, 11) is -0.752. The monoisotopic (exact) mass is 250 g/mol. The SMILES string of the molecule is CS(=O)C1(CNc2csc(Cl)n2)CC1. The van der Waals surface area contributed by atoms with Crippen molar-refractivity contribution in [2.24, 2.45) is 0 Å². The quantitative estimate of drug-likeness (QED) is 0.890. The van der Waals surface area contributed by atoms with Gasteiger partial charge in [-0.25, -0.2) is 4.98 Å². The third-order valence-corrected chi connectivity index (χ3v) is 5.24. The predicted octanol–water partition coefficient (Wildman–Crippen LogP) is 2.12. The van der Waals surface area contributed by atoms with Gasteiger partial charge in [0.1, 0.15) is 5.82 Å². The molecule has 0 radical (unpaired) electrons. The molecule has 0 saturated heterocycles. The van der Waals surface area contributed by atoms with Crippen molar-refractivity contribution in [2.75, 3.05) is 18.1 Å². The summed E-state index contributed by atoms with van der Waals surface area (Å²) in [5.74, 6) is 0.789. The van der Waals surface area contributed by atoms with Crippen LogP contribution in [0.15, 0.2) is 5.38 Å². The average molecular weight is 251 g/mol. The third kappa shape index (κ3) is 2.10. The number of halogens is 1. The van der Waals surface area contributed by atoms with Crippen LogP contribution in [0.25, 0.3) is 0 Å². The van der Waals surface area contributed by atoms with Gasteiger partial charge in [0.05, 0.1) is 4.75 Å². The van der Waals surface area contributed by atoms with E-state index in [1.807, 2.05) is 5.38 Å². The molecule has 6 heteroatoms. The topological polar surface area (TPSA) is 42.0 Å². The summed E-state index contributed by atoms with van der Waals surface area (Å²) in [6.07, 6.45) is 3.85. The summed E-state index contributed by atoms with van der Waals surface area (Å²) in [5.41, 5.74) is 0. The van der Waals surface area contributed by atoms with Gasteiger partial charge in [0, 0.05) is 29.0 Å². The Kier molecular flexibility index (Phi) is 2.81. The van der Waals surface area contributed by atoms with E-state index < -0.39 is 10.8 Å². The van der Waals surface area contributed by atoms with Crippen LogP contribution in [0.3, 0.4) is 0 Å². The van der Waals surface area contributed by atoms with E-state index in [1.54, 1.807) is 6.26 Å². The minimum atomic E-state index is -0.752. The van der Waals surface area contributed by atoms with Crippen molar-refractivity contribution < 1.29 is 4.21 Å². The first-order valence-electron chi connectivity index (χ1n) is 4.31. The van der Waals surface area contributed by atoms with Crippen molar-refractivity contribution in [2.45, 2.75) is 17.6 Å². The molecule has 1 aromatic rings. The fourth-order valence-electron chi connectivity index (χ4n) is 1.29. The van der Waals surface area contributed by atoms with Gasteiger partial charge in [-0.2, -0.15) is 0 Å². The number of hydrogen-bond acceptors (Lipinski definition) is 4. The van der Waals surface area contributed by atoms with Crippen molar-refractivity contribution >= 4 is 39.6 Å². The van der Waals surface area contributed by atoms with Crippen LogP contribution < -0.4 is 5.32 Å². The molecule has 14 heavy (non-hydrogen) atoms. The highest BCUT2D eigenvalue weighted by Gasteiger charge is 2.46. The van der Waals surface area contributed by atoms with Gasteiger partial charge < -0.3 is 5.32 Å². The van der Waals surface area contributed by atoms with Crippen molar-refractivity contribution in [3.05, 3.63) is 9.85 Å². The number of aromatic nitrogens is 1. The molecule has 1 fully saturated rings. The third-order valence-electron chi connectivity index (χ3n) is 2.49. The Balaban J connectivity index is 1.92. The normalized spacial score (nSPS) is 20.4. The zero-order valence-corrected chi connectivity index (χ0v) is 10.1. The molecule has 1 unspecified atom stereocenters. The van der Waals surface area contributed by atoms with Crippen LogP contribution in [0.2, 0.25) is 4.47 Å². The zero-order valence-electron chi connectivity index (χ0n) is 7.75. The van der Waals surface area contributed by atoms with E-state index >= 15 is 0 Å². The first-order chi connectivity index (χ1) is 6.62. The Morgan fingerprint density at radius 1 is 1.79 bits per heavy atom. The number of anilines is 1. The second-order valence-electron chi connectivity index (χ2n) is 3.48. The lowest BCUT2D eigenvalue weighted by Crippen LogP contribution is -2.26. The van der Waals surface area contributed by atoms with E-state index in [0.717, 1.165) is 25.2 Å². The van der Waals surface area contributed by atoms with Gasteiger partial charge in [-0.1, -0.05) is 11.6 Å². The first kappa shape index (κ1) is 10.4. The van der Waals surface area contributed by atoms with Crippen LogP contribution >= 0.6 is 22.9 Å². The Morgan fingerprint density at radius 3 is 2.93 bits per heavy atom. The van der Waals surface area contributed by atoms with E-state index in [1.165, 1.54) is 11.3 Å². The van der Waals surface area contributed by atoms with Crippen molar-refractivity contribution in [1.82, 2.24) is 4.98 Å². The summed E-state index contributed by atoms with van der Waals surface area (Å²) in [6.45, 7) is 0.732. The van der Waals surface area contributed by atoms with Crippen LogP contribution in [-0.2, 0) is 10.8 Å². The van der Waals surface area contributed by atoms with Crippen LogP contribution in [0.5, 0.6) is 0 Å². The van der Waals surface area contributed by atoms with E-state index in [4.69, 9.17) is 11.6 Å². The van der Waals surface area contributed by atoms with Crippen molar-refractivity contribution in [3.63, 3.8) is 0 Å². The molecule has 1 aromatic heterocycles. The van der Waals surface area contributed by atoms with Crippen LogP contribution in [0.4, 0.5) is 5.82 Å². The fourth-order valence-corrected chi connectivity index (χ4v) is 2.96. The summed E-state index contributed by atoms with van der Waals surface area (Å²) >= 11 is 7.10. The van der Waals surface area contributed by atoms with E-state index in [0.29, 0.717) is 4.47 Å². The standard InChI is InChI=1S/C8H11ClN2OS2/c1-14(12)8(2-3-8)5-10-6-4-13-7(9)11-6/h4,10H,2-3,5H2,1H3. The van der Waals surface area contributed by atoms with Gasteiger partial charge in [-0.05, 0) is 12.8 Å². The Bertz CT molecular complexity index is 362. The summed E-state index contributed by atoms with van der Waals surface area (Å²) in [6, 6.07) is 0. The minimum absolute atomic E-state index is 0.00388. The van der Waals surface area contributed by atoms with Crippen LogP contribution in [0.1, 0.15) is 12.8 Å². The molecular formula is C8H11ClN2OS2. The highest BCUT2D eigenvalue weighted by molar-refractivity contribution is 7.86. The van der Waals surface area contributed by atoms with Crippen LogP contribution in [0, 0.1) is 0 Å². The summed E-state index contributed by atoms with van der Waals surface area (Å²) in [5, 5.41) is 5.04. The molecule has 0 aliphatic heterocycles. The Labute approximate surface area is 94.3 Å². The summed E-state index contributed by atoms with van der Waals surface area (Å²) in [4.78, 5) is 4.07. The maximum atomic E-state index is 11.4. The van der Waals surface area contributed by atoms with E-state index in [9.17, 15) is 4.21 Å². The lowest BCUT2D eigenvalue weighted by molar-refractivity contribution is 0.674. The number of thiazole rings is 1. The molecule has 1 atom stereocenters. The Morgan fingerprint density at radius 2 is 2.50 bits per heavy atom. The highest BCUT2D eigenvalue weighted by atomic mass is 35.5. The molecule has 3 nitrogen and oxygen atoms in total. The van der Waals surface area contributed by atoms with Gasteiger partial charge in [-0.3, -0.25) is 4.21 Å². The molecule has 1 heterocycles. The molecule has 0 spiro atoms. The molecule has 1 N–H and O–H groups in total. The summed E-state index contributed by atoms with van der Waals surface area (Å²) < 4.78 is 11.9. The number of hydrogen-bond donors (Lipinski definition) is 1. The van der Waals surface area contributed by atoms with Gasteiger partial charge in [-0.15, -0.1) is 11.3 Å². The highest BCUT2D eigenvalue weighted by Crippen LogP contribution is 2.41. The lowest BCUT2D eigenvalue weighted by atomic mass is 10.4. The average Bonchev–Trinajstić information content (AvgIpc) is 2.82. The minimum Gasteiger partial charge on any atom is -0.368 e. The molecule has 1 aliphatic carbocycles. The molecule has 0 bridgehead atoms. The van der Waals surface area contributed by atoms with E-state index in [-0.39, 0.29) is 4.75 Å². The van der Waals surface area contributed by atoms with Crippen molar-refractivity contribution in [3.8, 4) is 0 Å². The second kappa shape index (κ2) is 3.79. The molecular weight excluding hydrogens is 240 g/mol. The van der Waals surface area contributed by atoms with Gasteiger partial charge >= 0.3 is 0 Å². The maximum Gasteiger partial charge on any atom is 0.185 e. The Hall–Kier alpha value is -0.130. The lowest BCUT2D eigenvalue weighted by Gasteiger charge is -2.11. The molecule has 1 saturated carbocycles. The molecule has 2 rings (SSSR count). The van der Waals surface area contributed by atoms with Gasteiger partial charge in [0.15, 0.2) is 4.47 Å². The molecule has 78 valence electrons. The fraction of sp³-hybridized carbons (Fsp3) is 0.625. The first-order valence-corrected chi connectivity index (χ1v) is 7.12. The number of nitrogens with zero attached hydrogens (tertiary/aromatic N) is 1. The predicted molar refractivity (Wildman–Crippen MR) is 61.6 cm³/mol. The molecule has 1 aliphatic rings.